The molecular weight excluding hydrogens is 231 g/mol. The molecule has 0 aliphatic carbocycles. The average Bonchev–Trinajstić information content (AvgIpc) is 2.38. The van der Waals surface area contributed by atoms with E-state index < -0.39 is 5.82 Å². The number of hydrogen-bond donors (Lipinski definition) is 0. The van der Waals surface area contributed by atoms with E-state index in [1.165, 1.54) is 19.2 Å². The number of rotatable bonds is 3. The second-order valence-corrected chi connectivity index (χ2v) is 4.04. The van der Waals surface area contributed by atoms with Gasteiger partial charge in [-0.3, -0.25) is 4.79 Å². The molecule has 92 valence electrons. The molecule has 0 aliphatic rings. The number of aryl methyl sites for hydroxylation is 1. The van der Waals surface area contributed by atoms with Crippen molar-refractivity contribution < 1.29 is 13.9 Å². The molecule has 2 nitrogen and oxygen atoms in total. The standard InChI is InChI=1S/C15H13FO2/c1-10-3-5-11(6-4-10)15(17)13-8-7-12(18-2)9-14(13)16/h3-9H,1-2H3. The van der Waals surface area contributed by atoms with Gasteiger partial charge in [0.2, 0.25) is 0 Å². The molecule has 0 amide bonds. The molecule has 0 aliphatic heterocycles. The fraction of sp³-hybridized carbons (Fsp3) is 0.133. The van der Waals surface area contributed by atoms with Crippen LogP contribution in [0.5, 0.6) is 5.75 Å². The van der Waals surface area contributed by atoms with Crippen molar-refractivity contribution in [3.05, 3.63) is 65.0 Å². The number of carbonyl (C=O) groups is 1. The molecule has 0 spiro atoms. The maximum Gasteiger partial charge on any atom is 0.195 e. The number of benzene rings is 2. The fourth-order valence-electron chi connectivity index (χ4n) is 1.67. The smallest absolute Gasteiger partial charge is 0.195 e. The van der Waals surface area contributed by atoms with Gasteiger partial charge < -0.3 is 4.74 Å². The molecule has 18 heavy (non-hydrogen) atoms. The predicted octanol–water partition coefficient (Wildman–Crippen LogP) is 3.37. The number of ketones is 1. The summed E-state index contributed by atoms with van der Waals surface area (Å²) in [5.41, 5.74) is 1.59. The lowest BCUT2D eigenvalue weighted by molar-refractivity contribution is 0.103. The first-order valence-electron chi connectivity index (χ1n) is 5.56. The Hall–Kier alpha value is -2.16. The van der Waals surface area contributed by atoms with E-state index in [2.05, 4.69) is 0 Å². The SMILES string of the molecule is COc1ccc(C(=O)c2ccc(C)cc2)c(F)c1. The predicted molar refractivity (Wildman–Crippen MR) is 67.6 cm³/mol. The maximum atomic E-state index is 13.8. The van der Waals surface area contributed by atoms with Crippen molar-refractivity contribution in [2.24, 2.45) is 0 Å². The third kappa shape index (κ3) is 2.40. The lowest BCUT2D eigenvalue weighted by Crippen LogP contribution is -2.04. The summed E-state index contributed by atoms with van der Waals surface area (Å²) in [6.07, 6.45) is 0. The van der Waals surface area contributed by atoms with Gasteiger partial charge in [-0.15, -0.1) is 0 Å². The molecule has 0 radical (unpaired) electrons. The van der Waals surface area contributed by atoms with Crippen LogP contribution in [-0.2, 0) is 0 Å². The zero-order valence-electron chi connectivity index (χ0n) is 10.2. The van der Waals surface area contributed by atoms with Gasteiger partial charge in [0.25, 0.3) is 0 Å². The number of carbonyl (C=O) groups excluding carboxylic acids is 1. The van der Waals surface area contributed by atoms with Crippen LogP contribution in [0.25, 0.3) is 0 Å². The minimum atomic E-state index is -0.570. The Balaban J connectivity index is 2.37. The number of halogens is 1. The molecule has 0 aromatic heterocycles. The maximum absolute atomic E-state index is 13.8. The molecule has 0 saturated heterocycles. The van der Waals surface area contributed by atoms with Gasteiger partial charge in [0.15, 0.2) is 5.78 Å². The Morgan fingerprint density at radius 3 is 2.33 bits per heavy atom. The summed E-state index contributed by atoms with van der Waals surface area (Å²) in [7, 11) is 1.45. The van der Waals surface area contributed by atoms with E-state index in [4.69, 9.17) is 4.74 Å². The summed E-state index contributed by atoms with van der Waals surface area (Å²) in [5, 5.41) is 0. The van der Waals surface area contributed by atoms with Crippen molar-refractivity contribution >= 4 is 5.78 Å². The third-order valence-corrected chi connectivity index (χ3v) is 2.73. The summed E-state index contributed by atoms with van der Waals surface area (Å²) in [6, 6.07) is 11.3. The van der Waals surface area contributed by atoms with Gasteiger partial charge in [0.1, 0.15) is 11.6 Å². The quantitative estimate of drug-likeness (QED) is 0.774. The van der Waals surface area contributed by atoms with Crippen LogP contribution >= 0.6 is 0 Å². The average molecular weight is 244 g/mol. The van der Waals surface area contributed by atoms with Gasteiger partial charge in [0.05, 0.1) is 12.7 Å². The first kappa shape index (κ1) is 12.3. The van der Waals surface area contributed by atoms with Gasteiger partial charge in [-0.1, -0.05) is 29.8 Å². The van der Waals surface area contributed by atoms with E-state index in [1.54, 1.807) is 18.2 Å². The Bertz CT molecular complexity index is 574. The number of methoxy groups -OCH3 is 1. The Morgan fingerprint density at radius 1 is 1.11 bits per heavy atom. The molecule has 2 aromatic carbocycles. The molecule has 0 unspecified atom stereocenters. The van der Waals surface area contributed by atoms with Gasteiger partial charge in [-0.05, 0) is 19.1 Å². The molecule has 2 rings (SSSR count). The third-order valence-electron chi connectivity index (χ3n) is 2.73. The first-order valence-corrected chi connectivity index (χ1v) is 5.56. The van der Waals surface area contributed by atoms with Crippen LogP contribution in [0.1, 0.15) is 21.5 Å². The molecule has 0 heterocycles. The Kier molecular flexibility index (Phi) is 3.42. The Morgan fingerprint density at radius 2 is 1.78 bits per heavy atom. The van der Waals surface area contributed by atoms with Crippen LogP contribution in [-0.4, -0.2) is 12.9 Å². The van der Waals surface area contributed by atoms with Crippen LogP contribution in [0, 0.1) is 12.7 Å². The zero-order chi connectivity index (χ0) is 13.1. The van der Waals surface area contributed by atoms with Crippen molar-refractivity contribution in [2.75, 3.05) is 7.11 Å². The summed E-state index contributed by atoms with van der Waals surface area (Å²) >= 11 is 0. The van der Waals surface area contributed by atoms with E-state index in [-0.39, 0.29) is 11.3 Å². The van der Waals surface area contributed by atoms with Gasteiger partial charge in [-0.2, -0.15) is 0 Å². The summed E-state index contributed by atoms with van der Waals surface area (Å²) in [5.74, 6) is -0.497. The van der Waals surface area contributed by atoms with Crippen molar-refractivity contribution in [3.63, 3.8) is 0 Å². The lowest BCUT2D eigenvalue weighted by Gasteiger charge is -2.05. The summed E-state index contributed by atoms with van der Waals surface area (Å²) < 4.78 is 18.7. The monoisotopic (exact) mass is 244 g/mol. The van der Waals surface area contributed by atoms with E-state index >= 15 is 0 Å². The van der Waals surface area contributed by atoms with Gasteiger partial charge in [0, 0.05) is 11.6 Å². The Labute approximate surface area is 105 Å². The highest BCUT2D eigenvalue weighted by atomic mass is 19.1. The van der Waals surface area contributed by atoms with E-state index in [9.17, 15) is 9.18 Å². The molecule has 0 atom stereocenters. The van der Waals surface area contributed by atoms with Crippen molar-refractivity contribution in [1.82, 2.24) is 0 Å². The minimum Gasteiger partial charge on any atom is -0.497 e. The van der Waals surface area contributed by atoms with Crippen molar-refractivity contribution in [3.8, 4) is 5.75 Å². The highest BCUT2D eigenvalue weighted by Gasteiger charge is 2.14. The second-order valence-electron chi connectivity index (χ2n) is 4.04. The lowest BCUT2D eigenvalue weighted by atomic mass is 10.0. The highest BCUT2D eigenvalue weighted by Crippen LogP contribution is 2.19. The van der Waals surface area contributed by atoms with Crippen molar-refractivity contribution in [1.29, 1.82) is 0 Å². The zero-order valence-corrected chi connectivity index (χ0v) is 10.2. The molecular formula is C15H13FO2. The van der Waals surface area contributed by atoms with E-state index in [0.717, 1.165) is 5.56 Å². The second kappa shape index (κ2) is 5.00. The molecule has 0 N–H and O–H groups in total. The van der Waals surface area contributed by atoms with Crippen LogP contribution < -0.4 is 4.74 Å². The molecule has 3 heteroatoms. The van der Waals surface area contributed by atoms with E-state index in [1.807, 2.05) is 19.1 Å². The number of ether oxygens (including phenoxy) is 1. The van der Waals surface area contributed by atoms with Crippen LogP contribution in [0.4, 0.5) is 4.39 Å². The van der Waals surface area contributed by atoms with Gasteiger partial charge >= 0.3 is 0 Å². The van der Waals surface area contributed by atoms with Crippen LogP contribution in [0.3, 0.4) is 0 Å². The normalized spacial score (nSPS) is 10.2. The molecule has 0 fully saturated rings. The summed E-state index contributed by atoms with van der Waals surface area (Å²) in [6.45, 7) is 1.93. The van der Waals surface area contributed by atoms with Crippen LogP contribution in [0.15, 0.2) is 42.5 Å². The van der Waals surface area contributed by atoms with E-state index in [0.29, 0.717) is 11.3 Å². The first-order chi connectivity index (χ1) is 8.61. The molecule has 2 aromatic rings. The highest BCUT2D eigenvalue weighted by molar-refractivity contribution is 6.09. The molecule has 0 saturated carbocycles. The topological polar surface area (TPSA) is 26.3 Å². The fourth-order valence-corrected chi connectivity index (χ4v) is 1.67. The van der Waals surface area contributed by atoms with Crippen molar-refractivity contribution in [2.45, 2.75) is 6.92 Å². The number of hydrogen-bond acceptors (Lipinski definition) is 2. The molecule has 0 bridgehead atoms. The largest absolute Gasteiger partial charge is 0.497 e. The van der Waals surface area contributed by atoms with Crippen LogP contribution in [0.2, 0.25) is 0 Å². The summed E-state index contributed by atoms with van der Waals surface area (Å²) in [4.78, 5) is 12.1. The minimum absolute atomic E-state index is 0.0552. The van der Waals surface area contributed by atoms with Gasteiger partial charge in [-0.25, -0.2) is 4.39 Å².